The smallest absolute Gasteiger partial charge is 0.267 e. The number of para-hydroxylation sites is 1. The SMILES string of the molecule is COc1cc(C=C2SC(=Nc3ccccc3)N(C3CCCC3)C2=O)c(Br)c(Br)c1O. The van der Waals surface area contributed by atoms with Gasteiger partial charge in [-0.15, -0.1) is 0 Å². The van der Waals surface area contributed by atoms with Crippen molar-refractivity contribution in [2.45, 2.75) is 31.7 Å². The number of rotatable bonds is 4. The van der Waals surface area contributed by atoms with Crippen LogP contribution < -0.4 is 4.74 Å². The normalized spacial score (nSPS) is 20.0. The Balaban J connectivity index is 1.76. The van der Waals surface area contributed by atoms with Crippen molar-refractivity contribution in [3.63, 3.8) is 0 Å². The van der Waals surface area contributed by atoms with Crippen molar-refractivity contribution in [1.82, 2.24) is 4.90 Å². The first-order valence-electron chi connectivity index (χ1n) is 9.61. The fourth-order valence-corrected chi connectivity index (χ4v) is 5.57. The van der Waals surface area contributed by atoms with Gasteiger partial charge in [-0.1, -0.05) is 31.0 Å². The van der Waals surface area contributed by atoms with E-state index < -0.39 is 0 Å². The van der Waals surface area contributed by atoms with Gasteiger partial charge in [-0.05, 0) is 86.3 Å². The van der Waals surface area contributed by atoms with Gasteiger partial charge in [0.25, 0.3) is 5.91 Å². The van der Waals surface area contributed by atoms with Crippen LogP contribution >= 0.6 is 43.6 Å². The predicted molar refractivity (Wildman–Crippen MR) is 128 cm³/mol. The molecule has 2 aromatic rings. The Morgan fingerprint density at radius 1 is 1.20 bits per heavy atom. The van der Waals surface area contributed by atoms with Gasteiger partial charge >= 0.3 is 0 Å². The number of amidine groups is 1. The van der Waals surface area contributed by atoms with Crippen molar-refractivity contribution in [1.29, 1.82) is 0 Å². The first-order valence-corrected chi connectivity index (χ1v) is 12.0. The number of amides is 1. The third-order valence-electron chi connectivity index (χ3n) is 5.19. The summed E-state index contributed by atoms with van der Waals surface area (Å²) in [4.78, 5) is 20.6. The number of methoxy groups -OCH3 is 1. The average molecular weight is 552 g/mol. The molecular formula is C22H20Br2N2O3S. The highest BCUT2D eigenvalue weighted by Crippen LogP contribution is 2.44. The number of halogens is 2. The zero-order valence-corrected chi connectivity index (χ0v) is 20.3. The first kappa shape index (κ1) is 21.5. The minimum Gasteiger partial charge on any atom is -0.503 e. The number of phenols is 1. The Labute approximate surface area is 196 Å². The van der Waals surface area contributed by atoms with Gasteiger partial charge in [-0.2, -0.15) is 0 Å². The zero-order valence-electron chi connectivity index (χ0n) is 16.3. The number of ether oxygens (including phenoxy) is 1. The number of aliphatic imine (C=N–C) groups is 1. The summed E-state index contributed by atoms with van der Waals surface area (Å²) >= 11 is 8.26. The maximum Gasteiger partial charge on any atom is 0.267 e. The van der Waals surface area contributed by atoms with Gasteiger partial charge < -0.3 is 9.84 Å². The zero-order chi connectivity index (χ0) is 21.3. The molecule has 1 aliphatic carbocycles. The van der Waals surface area contributed by atoms with Crippen LogP contribution in [-0.4, -0.2) is 34.2 Å². The highest BCUT2D eigenvalue weighted by atomic mass is 79.9. The summed E-state index contributed by atoms with van der Waals surface area (Å²) < 4.78 is 6.40. The number of hydrogen-bond donors (Lipinski definition) is 1. The number of benzene rings is 2. The Kier molecular flexibility index (Phi) is 6.55. The molecule has 5 nitrogen and oxygen atoms in total. The Hall–Kier alpha value is -1.77. The molecule has 1 amide bonds. The van der Waals surface area contributed by atoms with Crippen LogP contribution in [0.2, 0.25) is 0 Å². The Morgan fingerprint density at radius 2 is 1.90 bits per heavy atom. The van der Waals surface area contributed by atoms with Crippen molar-refractivity contribution in [3.8, 4) is 11.5 Å². The molecule has 2 fully saturated rings. The number of hydrogen-bond acceptors (Lipinski definition) is 5. The number of carbonyl (C=O) groups is 1. The molecule has 8 heteroatoms. The van der Waals surface area contributed by atoms with Gasteiger partial charge in [-0.25, -0.2) is 4.99 Å². The van der Waals surface area contributed by atoms with E-state index in [9.17, 15) is 9.90 Å². The summed E-state index contributed by atoms with van der Waals surface area (Å²) in [5.41, 5.74) is 1.56. The van der Waals surface area contributed by atoms with Crippen LogP contribution in [0, 0.1) is 0 Å². The molecule has 2 aliphatic rings. The van der Waals surface area contributed by atoms with Crippen LogP contribution in [0.25, 0.3) is 6.08 Å². The van der Waals surface area contributed by atoms with E-state index >= 15 is 0 Å². The van der Waals surface area contributed by atoms with E-state index in [2.05, 4.69) is 31.9 Å². The van der Waals surface area contributed by atoms with Crippen molar-refractivity contribution < 1.29 is 14.6 Å². The minimum absolute atomic E-state index is 0.0100. The molecule has 0 spiro atoms. The van der Waals surface area contributed by atoms with Gasteiger partial charge in [0, 0.05) is 10.5 Å². The lowest BCUT2D eigenvalue weighted by atomic mass is 10.1. The summed E-state index contributed by atoms with van der Waals surface area (Å²) in [7, 11) is 1.49. The Bertz CT molecular complexity index is 1030. The van der Waals surface area contributed by atoms with E-state index in [1.807, 2.05) is 41.3 Å². The van der Waals surface area contributed by atoms with Crippen molar-refractivity contribution >= 4 is 66.5 Å². The topological polar surface area (TPSA) is 62.1 Å². The highest BCUT2D eigenvalue weighted by molar-refractivity contribution is 9.13. The molecule has 1 N–H and O–H groups in total. The molecule has 0 unspecified atom stereocenters. The summed E-state index contributed by atoms with van der Waals surface area (Å²) in [6.45, 7) is 0. The average Bonchev–Trinajstić information content (AvgIpc) is 3.37. The Morgan fingerprint density at radius 3 is 2.57 bits per heavy atom. The third-order valence-corrected chi connectivity index (χ3v) is 8.33. The number of nitrogens with zero attached hydrogens (tertiary/aromatic N) is 2. The second-order valence-electron chi connectivity index (χ2n) is 7.10. The van der Waals surface area contributed by atoms with Crippen LogP contribution in [0.4, 0.5) is 5.69 Å². The van der Waals surface area contributed by atoms with Gasteiger partial charge in [-0.3, -0.25) is 9.69 Å². The van der Waals surface area contributed by atoms with Gasteiger partial charge in [0.1, 0.15) is 0 Å². The molecule has 156 valence electrons. The van der Waals surface area contributed by atoms with Gasteiger partial charge in [0.15, 0.2) is 16.7 Å². The molecule has 0 bridgehead atoms. The van der Waals surface area contributed by atoms with Gasteiger partial charge in [0.05, 0.1) is 22.2 Å². The summed E-state index contributed by atoms with van der Waals surface area (Å²) in [5, 5.41) is 10.9. The van der Waals surface area contributed by atoms with Crippen molar-refractivity contribution in [3.05, 3.63) is 55.8 Å². The van der Waals surface area contributed by atoms with Crippen molar-refractivity contribution in [2.75, 3.05) is 7.11 Å². The number of aromatic hydroxyl groups is 1. The minimum atomic E-state index is -0.0309. The largest absolute Gasteiger partial charge is 0.503 e. The van der Waals surface area contributed by atoms with Crippen LogP contribution in [-0.2, 0) is 4.79 Å². The molecule has 0 aromatic heterocycles. The first-order chi connectivity index (χ1) is 14.5. The van der Waals surface area contributed by atoms with Crippen LogP contribution in [0.15, 0.2) is 55.2 Å². The molecule has 0 radical (unpaired) electrons. The summed E-state index contributed by atoms with van der Waals surface area (Å²) in [6, 6.07) is 11.6. The number of carbonyl (C=O) groups excluding carboxylic acids is 1. The molecule has 30 heavy (non-hydrogen) atoms. The van der Waals surface area contributed by atoms with Crippen LogP contribution in [0.3, 0.4) is 0 Å². The molecule has 4 rings (SSSR count). The monoisotopic (exact) mass is 550 g/mol. The van der Waals surface area contributed by atoms with Gasteiger partial charge in [0.2, 0.25) is 0 Å². The van der Waals surface area contributed by atoms with E-state index in [-0.39, 0.29) is 17.7 Å². The lowest BCUT2D eigenvalue weighted by Gasteiger charge is -2.22. The van der Waals surface area contributed by atoms with Crippen LogP contribution in [0.5, 0.6) is 11.5 Å². The van der Waals surface area contributed by atoms with E-state index in [0.717, 1.165) is 36.9 Å². The highest BCUT2D eigenvalue weighted by Gasteiger charge is 2.39. The quantitative estimate of drug-likeness (QED) is 0.442. The summed E-state index contributed by atoms with van der Waals surface area (Å²) in [6.07, 6.45) is 6.07. The summed E-state index contributed by atoms with van der Waals surface area (Å²) in [5.74, 6) is 0.311. The lowest BCUT2D eigenvalue weighted by molar-refractivity contribution is -0.123. The van der Waals surface area contributed by atoms with Crippen LogP contribution in [0.1, 0.15) is 31.2 Å². The number of phenolic OH excluding ortho intramolecular Hbond substituents is 1. The lowest BCUT2D eigenvalue weighted by Crippen LogP contribution is -2.37. The third kappa shape index (κ3) is 4.18. The molecule has 1 aliphatic heterocycles. The van der Waals surface area contributed by atoms with E-state index in [4.69, 9.17) is 9.73 Å². The maximum absolute atomic E-state index is 13.4. The van der Waals surface area contributed by atoms with E-state index in [1.165, 1.54) is 18.9 Å². The fourth-order valence-electron chi connectivity index (χ4n) is 3.68. The maximum atomic E-state index is 13.4. The molecular weight excluding hydrogens is 532 g/mol. The van der Waals surface area contributed by atoms with E-state index in [0.29, 0.717) is 24.8 Å². The molecule has 2 aromatic carbocycles. The van der Waals surface area contributed by atoms with Crippen molar-refractivity contribution in [2.24, 2.45) is 4.99 Å². The van der Waals surface area contributed by atoms with E-state index in [1.54, 1.807) is 6.07 Å². The second kappa shape index (κ2) is 9.16. The fraction of sp³-hybridized carbons (Fsp3) is 0.273. The molecule has 0 atom stereocenters. The molecule has 1 saturated carbocycles. The standard InChI is InChI=1S/C22H20Br2N2O3S/c1-29-16-11-13(18(23)19(24)20(16)27)12-17-21(28)26(15-9-5-6-10-15)22(30-17)25-14-7-3-2-4-8-14/h2-4,7-8,11-12,15,27H,5-6,9-10H2,1H3. The second-order valence-corrected chi connectivity index (χ2v) is 9.69. The molecule has 1 saturated heterocycles. The molecule has 1 heterocycles. The predicted octanol–water partition coefficient (Wildman–Crippen LogP) is 6.47. The number of thioether (sulfide) groups is 1.